The van der Waals surface area contributed by atoms with Crippen LogP contribution >= 0.6 is 11.8 Å². The van der Waals surface area contributed by atoms with Crippen LogP contribution in [0.1, 0.15) is 46.0 Å². The van der Waals surface area contributed by atoms with Crippen molar-refractivity contribution in [3.63, 3.8) is 0 Å². The minimum absolute atomic E-state index is 0.844. The van der Waals surface area contributed by atoms with Gasteiger partial charge in [0, 0.05) is 5.25 Å². The van der Waals surface area contributed by atoms with E-state index in [1.165, 1.54) is 25.7 Å². The van der Waals surface area contributed by atoms with Crippen molar-refractivity contribution >= 4 is 11.8 Å². The summed E-state index contributed by atoms with van der Waals surface area (Å²) in [4.78, 5) is 0. The van der Waals surface area contributed by atoms with Crippen LogP contribution in [0.2, 0.25) is 0 Å². The Hall–Kier alpha value is 0.350. The Labute approximate surface area is 82.5 Å². The molecule has 1 radical (unpaired) electrons. The Bertz CT molecular complexity index is 91.0. The van der Waals surface area contributed by atoms with Gasteiger partial charge in [-0.05, 0) is 18.6 Å². The van der Waals surface area contributed by atoms with Crippen LogP contribution in [0.3, 0.4) is 0 Å². The summed E-state index contributed by atoms with van der Waals surface area (Å²) in [6.07, 6.45) is 8.75. The highest BCUT2D eigenvalue weighted by molar-refractivity contribution is 7.99. The Morgan fingerprint density at radius 3 is 2.33 bits per heavy atom. The number of hydrogen-bond acceptors (Lipinski definition) is 1. The summed E-state index contributed by atoms with van der Waals surface area (Å²) < 4.78 is 0. The summed E-state index contributed by atoms with van der Waals surface area (Å²) in [5.74, 6) is 0.886. The van der Waals surface area contributed by atoms with Crippen LogP contribution in [0.15, 0.2) is 0 Å². The van der Waals surface area contributed by atoms with E-state index in [1.807, 2.05) is 11.8 Å². The van der Waals surface area contributed by atoms with Crippen molar-refractivity contribution in [3.8, 4) is 0 Å². The zero-order valence-corrected chi connectivity index (χ0v) is 9.62. The standard InChI is InChI=1S/C11H23S/c1-5-7-10(2)8-6-9-11(3)12-4/h10-11H,1,5-9H2,2-4H3. The van der Waals surface area contributed by atoms with Gasteiger partial charge in [-0.25, -0.2) is 0 Å². The zero-order chi connectivity index (χ0) is 9.40. The topological polar surface area (TPSA) is 0 Å². The zero-order valence-electron chi connectivity index (χ0n) is 8.81. The highest BCUT2D eigenvalue weighted by Gasteiger charge is 2.02. The van der Waals surface area contributed by atoms with E-state index >= 15 is 0 Å². The fourth-order valence-electron chi connectivity index (χ4n) is 1.36. The molecule has 0 heterocycles. The maximum absolute atomic E-state index is 3.88. The minimum Gasteiger partial charge on any atom is -0.162 e. The Morgan fingerprint density at radius 1 is 1.17 bits per heavy atom. The molecule has 0 saturated heterocycles. The van der Waals surface area contributed by atoms with Gasteiger partial charge in [-0.3, -0.25) is 0 Å². The lowest BCUT2D eigenvalue weighted by Crippen LogP contribution is -1.98. The third-order valence-electron chi connectivity index (χ3n) is 2.41. The van der Waals surface area contributed by atoms with Crippen LogP contribution in [0.4, 0.5) is 0 Å². The molecule has 0 bridgehead atoms. The van der Waals surface area contributed by atoms with Crippen molar-refractivity contribution < 1.29 is 0 Å². The van der Waals surface area contributed by atoms with Gasteiger partial charge in [0.15, 0.2) is 0 Å². The van der Waals surface area contributed by atoms with E-state index in [0.29, 0.717) is 0 Å². The molecule has 0 spiro atoms. The Morgan fingerprint density at radius 2 is 1.83 bits per heavy atom. The van der Waals surface area contributed by atoms with Gasteiger partial charge in [-0.1, -0.05) is 46.5 Å². The lowest BCUT2D eigenvalue weighted by molar-refractivity contribution is 0.469. The first-order valence-corrected chi connectivity index (χ1v) is 6.31. The molecule has 0 aliphatic heterocycles. The van der Waals surface area contributed by atoms with E-state index in [9.17, 15) is 0 Å². The lowest BCUT2D eigenvalue weighted by Gasteiger charge is -2.11. The lowest BCUT2D eigenvalue weighted by atomic mass is 9.99. The molecule has 1 heteroatoms. The third kappa shape index (κ3) is 7.02. The third-order valence-corrected chi connectivity index (χ3v) is 3.45. The molecule has 0 saturated carbocycles. The Kier molecular flexibility index (Phi) is 8.20. The highest BCUT2D eigenvalue weighted by atomic mass is 32.2. The van der Waals surface area contributed by atoms with Crippen LogP contribution < -0.4 is 0 Å². The molecular weight excluding hydrogens is 164 g/mol. The highest BCUT2D eigenvalue weighted by Crippen LogP contribution is 2.18. The molecule has 0 amide bonds. The minimum atomic E-state index is 0.844. The van der Waals surface area contributed by atoms with Crippen LogP contribution in [0, 0.1) is 12.8 Å². The van der Waals surface area contributed by atoms with Gasteiger partial charge in [-0.15, -0.1) is 0 Å². The number of rotatable bonds is 7. The summed E-state index contributed by atoms with van der Waals surface area (Å²) in [7, 11) is 0. The maximum atomic E-state index is 3.88. The molecular formula is C11H23S. The molecule has 0 aromatic rings. The molecule has 0 aliphatic rings. The average molecular weight is 187 g/mol. The van der Waals surface area contributed by atoms with E-state index in [4.69, 9.17) is 0 Å². The van der Waals surface area contributed by atoms with Gasteiger partial charge >= 0.3 is 0 Å². The van der Waals surface area contributed by atoms with Gasteiger partial charge in [-0.2, -0.15) is 11.8 Å². The monoisotopic (exact) mass is 187 g/mol. The van der Waals surface area contributed by atoms with Gasteiger partial charge in [0.1, 0.15) is 0 Å². The van der Waals surface area contributed by atoms with E-state index in [1.54, 1.807) is 0 Å². The van der Waals surface area contributed by atoms with Crippen molar-refractivity contribution in [1.82, 2.24) is 0 Å². The normalized spacial score (nSPS) is 16.0. The van der Waals surface area contributed by atoms with E-state index in [2.05, 4.69) is 27.0 Å². The quantitative estimate of drug-likeness (QED) is 0.577. The van der Waals surface area contributed by atoms with Crippen molar-refractivity contribution in [2.45, 2.75) is 51.2 Å². The predicted octanol–water partition coefficient (Wildman–Crippen LogP) is 4.16. The molecule has 0 aliphatic carbocycles. The molecule has 0 N–H and O–H groups in total. The van der Waals surface area contributed by atoms with Gasteiger partial charge in [0.25, 0.3) is 0 Å². The molecule has 12 heavy (non-hydrogen) atoms. The van der Waals surface area contributed by atoms with Crippen molar-refractivity contribution in [1.29, 1.82) is 0 Å². The molecule has 0 rings (SSSR count). The van der Waals surface area contributed by atoms with Crippen LogP contribution in [-0.4, -0.2) is 11.5 Å². The molecule has 0 nitrogen and oxygen atoms in total. The van der Waals surface area contributed by atoms with Gasteiger partial charge < -0.3 is 0 Å². The second kappa shape index (κ2) is 7.97. The number of hydrogen-bond donors (Lipinski definition) is 0. The first kappa shape index (κ1) is 12.3. The fourth-order valence-corrected chi connectivity index (χ4v) is 1.77. The summed E-state index contributed by atoms with van der Waals surface area (Å²) >= 11 is 1.98. The molecule has 73 valence electrons. The van der Waals surface area contributed by atoms with Gasteiger partial charge in [0.05, 0.1) is 0 Å². The summed E-state index contributed by atoms with van der Waals surface area (Å²) in [6.45, 7) is 8.54. The van der Waals surface area contributed by atoms with Gasteiger partial charge in [0.2, 0.25) is 0 Å². The first-order valence-electron chi connectivity index (χ1n) is 5.02. The van der Waals surface area contributed by atoms with E-state index < -0.39 is 0 Å². The van der Waals surface area contributed by atoms with Crippen molar-refractivity contribution in [2.24, 2.45) is 5.92 Å². The van der Waals surface area contributed by atoms with E-state index in [-0.39, 0.29) is 0 Å². The second-order valence-electron chi connectivity index (χ2n) is 3.72. The smallest absolute Gasteiger partial charge is 0.00159 e. The molecule has 2 unspecified atom stereocenters. The average Bonchev–Trinajstić information content (AvgIpc) is 2.04. The molecule has 0 fully saturated rings. The second-order valence-corrected chi connectivity index (χ2v) is 5.00. The molecule has 0 aromatic heterocycles. The SMILES string of the molecule is [CH2]CCC(C)CCCC(C)SC. The van der Waals surface area contributed by atoms with Crippen LogP contribution in [-0.2, 0) is 0 Å². The van der Waals surface area contributed by atoms with Crippen LogP contribution in [0.5, 0.6) is 0 Å². The molecule has 0 aromatic carbocycles. The van der Waals surface area contributed by atoms with Crippen molar-refractivity contribution in [2.75, 3.05) is 6.26 Å². The summed E-state index contributed by atoms with van der Waals surface area (Å²) in [6, 6.07) is 0. The summed E-state index contributed by atoms with van der Waals surface area (Å²) in [5.41, 5.74) is 0. The molecule has 2 atom stereocenters. The Balaban J connectivity index is 3.18. The fraction of sp³-hybridized carbons (Fsp3) is 0.909. The largest absolute Gasteiger partial charge is 0.162 e. The van der Waals surface area contributed by atoms with Crippen molar-refractivity contribution in [3.05, 3.63) is 6.92 Å². The number of thioether (sulfide) groups is 1. The van der Waals surface area contributed by atoms with Crippen LogP contribution in [0.25, 0.3) is 0 Å². The summed E-state index contributed by atoms with van der Waals surface area (Å²) in [5, 5.41) is 0.844. The maximum Gasteiger partial charge on any atom is 0.00159 e. The van der Waals surface area contributed by atoms with E-state index in [0.717, 1.165) is 17.6 Å². The predicted molar refractivity (Wildman–Crippen MR) is 60.6 cm³/mol. The first-order chi connectivity index (χ1) is 5.70.